The van der Waals surface area contributed by atoms with Crippen molar-refractivity contribution in [2.24, 2.45) is 5.73 Å². The molecular weight excluding hydrogens is 330 g/mol. The van der Waals surface area contributed by atoms with Gasteiger partial charge in [0, 0.05) is 24.6 Å². The van der Waals surface area contributed by atoms with Crippen LogP contribution >= 0.6 is 0 Å². The number of amides is 3. The van der Waals surface area contributed by atoms with Crippen LogP contribution in [0.15, 0.2) is 42.5 Å². The highest BCUT2D eigenvalue weighted by molar-refractivity contribution is 5.98. The van der Waals surface area contributed by atoms with Gasteiger partial charge in [-0.25, -0.2) is 0 Å². The Morgan fingerprint density at radius 3 is 2.08 bits per heavy atom. The number of aryl methyl sites for hydroxylation is 2. The van der Waals surface area contributed by atoms with Crippen LogP contribution in [0.1, 0.15) is 34.0 Å². The number of rotatable bonds is 6. The van der Waals surface area contributed by atoms with E-state index in [2.05, 4.69) is 10.6 Å². The Hall–Kier alpha value is -3.15. The third kappa shape index (κ3) is 4.92. The topological polar surface area (TPSA) is 101 Å². The van der Waals surface area contributed by atoms with Crippen molar-refractivity contribution in [2.45, 2.75) is 33.2 Å². The zero-order valence-electron chi connectivity index (χ0n) is 15.1. The lowest BCUT2D eigenvalue weighted by molar-refractivity contribution is -0.119. The van der Waals surface area contributed by atoms with E-state index in [1.54, 1.807) is 24.3 Å². The van der Waals surface area contributed by atoms with Crippen molar-refractivity contribution >= 4 is 23.4 Å². The summed E-state index contributed by atoms with van der Waals surface area (Å²) in [6, 6.07) is 11.5. The summed E-state index contributed by atoms with van der Waals surface area (Å²) in [6.07, 6.45) is 0.337. The number of benzene rings is 2. The third-order valence-electron chi connectivity index (χ3n) is 4.17. The normalized spacial score (nSPS) is 11.5. The van der Waals surface area contributed by atoms with Gasteiger partial charge in [0.15, 0.2) is 0 Å². The third-order valence-corrected chi connectivity index (χ3v) is 4.17. The van der Waals surface area contributed by atoms with Gasteiger partial charge >= 0.3 is 0 Å². The summed E-state index contributed by atoms with van der Waals surface area (Å²) in [7, 11) is 0. The van der Waals surface area contributed by atoms with E-state index in [-0.39, 0.29) is 5.91 Å². The van der Waals surface area contributed by atoms with Crippen molar-refractivity contribution < 1.29 is 14.4 Å². The highest BCUT2D eigenvalue weighted by Gasteiger charge is 2.21. The molecule has 2 aromatic carbocycles. The van der Waals surface area contributed by atoms with E-state index in [1.807, 2.05) is 32.0 Å². The van der Waals surface area contributed by atoms with Crippen LogP contribution in [0.2, 0.25) is 0 Å². The Kier molecular flexibility index (Phi) is 6.11. The molecule has 1 atom stereocenters. The van der Waals surface area contributed by atoms with Crippen molar-refractivity contribution in [1.29, 1.82) is 0 Å². The molecule has 3 amide bonds. The first-order chi connectivity index (χ1) is 12.3. The molecule has 0 heterocycles. The first-order valence-electron chi connectivity index (χ1n) is 8.31. The predicted molar refractivity (Wildman–Crippen MR) is 101 cm³/mol. The van der Waals surface area contributed by atoms with Crippen LogP contribution in [0.25, 0.3) is 0 Å². The number of carbonyl (C=O) groups excluding carboxylic acids is 3. The molecule has 0 saturated carbocycles. The average Bonchev–Trinajstić information content (AvgIpc) is 2.57. The van der Waals surface area contributed by atoms with Gasteiger partial charge in [0.25, 0.3) is 5.91 Å². The molecule has 0 bridgehead atoms. The standard InChI is InChI=1S/C20H23N3O3/c1-12-5-4-6-13(2)17(12)11-18(19(21)25)23-20(26)15-7-9-16(10-8-15)22-14(3)24/h4-10,18H,11H2,1-3H3,(H2,21,25)(H,22,24)(H,23,26)/t18-/m1/s1. The molecule has 0 aliphatic rings. The maximum atomic E-state index is 12.4. The van der Waals surface area contributed by atoms with Gasteiger partial charge in [-0.05, 0) is 54.8 Å². The second-order valence-electron chi connectivity index (χ2n) is 6.26. The Balaban J connectivity index is 2.13. The quantitative estimate of drug-likeness (QED) is 0.741. The smallest absolute Gasteiger partial charge is 0.251 e. The van der Waals surface area contributed by atoms with Crippen molar-refractivity contribution in [2.75, 3.05) is 5.32 Å². The molecule has 4 N–H and O–H groups in total. The van der Waals surface area contributed by atoms with Crippen molar-refractivity contribution in [1.82, 2.24) is 5.32 Å². The van der Waals surface area contributed by atoms with Crippen LogP contribution < -0.4 is 16.4 Å². The lowest BCUT2D eigenvalue weighted by Crippen LogP contribution is -2.46. The summed E-state index contributed by atoms with van der Waals surface area (Å²) in [6.45, 7) is 5.33. The number of hydrogen-bond acceptors (Lipinski definition) is 3. The number of nitrogens with two attached hydrogens (primary N) is 1. The second kappa shape index (κ2) is 8.29. The minimum absolute atomic E-state index is 0.190. The fraction of sp³-hybridized carbons (Fsp3) is 0.250. The largest absolute Gasteiger partial charge is 0.368 e. The summed E-state index contributed by atoms with van der Waals surface area (Å²) in [5, 5.41) is 5.33. The van der Waals surface area contributed by atoms with Crippen molar-refractivity contribution in [3.63, 3.8) is 0 Å². The summed E-state index contributed by atoms with van der Waals surface area (Å²) in [5.74, 6) is -1.17. The molecule has 26 heavy (non-hydrogen) atoms. The molecule has 0 spiro atoms. The predicted octanol–water partition coefficient (Wildman–Crippen LogP) is 2.09. The Morgan fingerprint density at radius 2 is 1.58 bits per heavy atom. The maximum Gasteiger partial charge on any atom is 0.251 e. The van der Waals surface area contributed by atoms with Gasteiger partial charge in [-0.3, -0.25) is 14.4 Å². The first-order valence-corrected chi connectivity index (χ1v) is 8.31. The molecular formula is C20H23N3O3. The number of carbonyl (C=O) groups is 3. The van der Waals surface area contributed by atoms with Gasteiger partial charge in [-0.2, -0.15) is 0 Å². The van der Waals surface area contributed by atoms with E-state index in [0.717, 1.165) is 16.7 Å². The molecule has 0 saturated heterocycles. The highest BCUT2D eigenvalue weighted by atomic mass is 16.2. The van der Waals surface area contributed by atoms with Crippen LogP contribution in [-0.2, 0) is 16.0 Å². The minimum Gasteiger partial charge on any atom is -0.368 e. The monoisotopic (exact) mass is 353 g/mol. The van der Waals surface area contributed by atoms with E-state index >= 15 is 0 Å². The van der Waals surface area contributed by atoms with E-state index in [0.29, 0.717) is 17.7 Å². The molecule has 0 aromatic heterocycles. The molecule has 2 rings (SSSR count). The second-order valence-corrected chi connectivity index (χ2v) is 6.26. The molecule has 0 fully saturated rings. The fourth-order valence-corrected chi connectivity index (χ4v) is 2.75. The number of hydrogen-bond donors (Lipinski definition) is 3. The molecule has 0 radical (unpaired) electrons. The molecule has 0 aliphatic heterocycles. The van der Waals surface area contributed by atoms with Gasteiger partial charge in [-0.15, -0.1) is 0 Å². The van der Waals surface area contributed by atoms with Crippen LogP contribution in [0.3, 0.4) is 0 Å². The van der Waals surface area contributed by atoms with Gasteiger partial charge in [0.1, 0.15) is 6.04 Å². The fourth-order valence-electron chi connectivity index (χ4n) is 2.75. The number of primary amides is 1. The van der Waals surface area contributed by atoms with Crippen molar-refractivity contribution in [3.8, 4) is 0 Å². The summed E-state index contributed by atoms with van der Waals surface area (Å²) in [4.78, 5) is 35.3. The lowest BCUT2D eigenvalue weighted by Gasteiger charge is -2.18. The Labute approximate surface area is 152 Å². The first kappa shape index (κ1) is 19.2. The van der Waals surface area contributed by atoms with E-state index in [1.165, 1.54) is 6.92 Å². The molecule has 6 heteroatoms. The Bertz CT molecular complexity index is 808. The van der Waals surface area contributed by atoms with Gasteiger partial charge in [0.05, 0.1) is 0 Å². The van der Waals surface area contributed by atoms with Crippen LogP contribution in [0, 0.1) is 13.8 Å². The summed E-state index contributed by atoms with van der Waals surface area (Å²) in [5.41, 5.74) is 9.55. The van der Waals surface area contributed by atoms with Gasteiger partial charge in [-0.1, -0.05) is 18.2 Å². The van der Waals surface area contributed by atoms with Gasteiger partial charge in [0.2, 0.25) is 11.8 Å². The number of nitrogens with one attached hydrogen (secondary N) is 2. The van der Waals surface area contributed by atoms with Gasteiger partial charge < -0.3 is 16.4 Å². The Morgan fingerprint density at radius 1 is 1.00 bits per heavy atom. The summed E-state index contributed by atoms with van der Waals surface area (Å²) >= 11 is 0. The SMILES string of the molecule is CC(=O)Nc1ccc(C(=O)N[C@H](Cc2c(C)cccc2C)C(N)=O)cc1. The molecule has 2 aromatic rings. The number of anilines is 1. The molecule has 6 nitrogen and oxygen atoms in total. The molecule has 0 aliphatic carbocycles. The van der Waals surface area contributed by atoms with E-state index in [4.69, 9.17) is 5.73 Å². The van der Waals surface area contributed by atoms with Crippen LogP contribution in [0.4, 0.5) is 5.69 Å². The lowest BCUT2D eigenvalue weighted by atomic mass is 9.96. The zero-order chi connectivity index (χ0) is 19.3. The van der Waals surface area contributed by atoms with E-state index in [9.17, 15) is 14.4 Å². The highest BCUT2D eigenvalue weighted by Crippen LogP contribution is 2.16. The van der Waals surface area contributed by atoms with Crippen LogP contribution in [0.5, 0.6) is 0 Å². The zero-order valence-corrected chi connectivity index (χ0v) is 15.1. The molecule has 0 unspecified atom stereocenters. The van der Waals surface area contributed by atoms with E-state index < -0.39 is 17.9 Å². The van der Waals surface area contributed by atoms with Crippen LogP contribution in [-0.4, -0.2) is 23.8 Å². The minimum atomic E-state index is -0.808. The average molecular weight is 353 g/mol. The molecule has 136 valence electrons. The summed E-state index contributed by atoms with van der Waals surface area (Å²) < 4.78 is 0. The maximum absolute atomic E-state index is 12.4. The van der Waals surface area contributed by atoms with Crippen molar-refractivity contribution in [3.05, 3.63) is 64.7 Å².